The van der Waals surface area contributed by atoms with E-state index in [1.54, 1.807) is 12.1 Å². The van der Waals surface area contributed by atoms with Crippen LogP contribution >= 0.6 is 0 Å². The SMILES string of the molecule is O=C(O)CCC(c1ccc(-c2ccccc2)cc1)S(=O)O. The second kappa shape index (κ2) is 7.15. The van der Waals surface area contributed by atoms with Gasteiger partial charge in [0, 0.05) is 6.42 Å². The van der Waals surface area contributed by atoms with Crippen molar-refractivity contribution in [2.75, 3.05) is 0 Å². The first-order valence-electron chi connectivity index (χ1n) is 6.55. The number of carboxylic acids is 1. The minimum atomic E-state index is -2.09. The number of benzene rings is 2. The van der Waals surface area contributed by atoms with Crippen LogP contribution in [0, 0.1) is 0 Å². The molecular weight excluding hydrogens is 288 g/mol. The Kier molecular flexibility index (Phi) is 5.25. The molecule has 0 aromatic heterocycles. The summed E-state index contributed by atoms with van der Waals surface area (Å²) < 4.78 is 20.7. The standard InChI is InChI=1S/C16H16O4S/c17-16(18)11-10-15(21(19)20)14-8-6-13(7-9-14)12-4-2-1-3-5-12/h1-9,15H,10-11H2,(H,17,18)(H,19,20). The average molecular weight is 304 g/mol. The van der Waals surface area contributed by atoms with Gasteiger partial charge in [0.15, 0.2) is 11.1 Å². The van der Waals surface area contributed by atoms with Crippen molar-refractivity contribution >= 4 is 17.0 Å². The highest BCUT2D eigenvalue weighted by molar-refractivity contribution is 7.79. The maximum atomic E-state index is 11.4. The van der Waals surface area contributed by atoms with Gasteiger partial charge in [0.05, 0.1) is 5.25 Å². The Morgan fingerprint density at radius 2 is 1.57 bits per heavy atom. The summed E-state index contributed by atoms with van der Waals surface area (Å²) in [5.41, 5.74) is 2.76. The minimum absolute atomic E-state index is 0.128. The summed E-state index contributed by atoms with van der Waals surface area (Å²) in [6.07, 6.45) is 0.0144. The number of carboxylic acid groups (broad SMARTS) is 1. The Balaban J connectivity index is 2.19. The molecule has 0 bridgehead atoms. The molecule has 0 spiro atoms. The van der Waals surface area contributed by atoms with Gasteiger partial charge in [-0.1, -0.05) is 54.6 Å². The van der Waals surface area contributed by atoms with Crippen molar-refractivity contribution in [3.05, 3.63) is 60.2 Å². The van der Waals surface area contributed by atoms with Gasteiger partial charge in [0.2, 0.25) is 0 Å². The molecule has 0 saturated heterocycles. The van der Waals surface area contributed by atoms with Crippen LogP contribution < -0.4 is 0 Å². The third-order valence-electron chi connectivity index (χ3n) is 3.25. The van der Waals surface area contributed by atoms with Crippen LogP contribution in [0.2, 0.25) is 0 Å². The maximum Gasteiger partial charge on any atom is 0.303 e. The molecule has 0 amide bonds. The fourth-order valence-corrected chi connectivity index (χ4v) is 2.87. The molecule has 0 aliphatic heterocycles. The van der Waals surface area contributed by atoms with Gasteiger partial charge < -0.3 is 9.66 Å². The largest absolute Gasteiger partial charge is 0.481 e. The summed E-state index contributed by atoms with van der Waals surface area (Å²) in [6, 6.07) is 17.1. The number of hydrogen-bond donors (Lipinski definition) is 2. The van der Waals surface area contributed by atoms with E-state index in [1.165, 1.54) is 0 Å². The molecule has 2 aromatic rings. The van der Waals surface area contributed by atoms with E-state index in [0.29, 0.717) is 5.56 Å². The molecule has 0 saturated carbocycles. The summed E-state index contributed by atoms with van der Waals surface area (Å²) in [6.45, 7) is 0. The van der Waals surface area contributed by atoms with E-state index in [9.17, 15) is 13.6 Å². The molecule has 0 fully saturated rings. The number of aliphatic carboxylic acids is 1. The van der Waals surface area contributed by atoms with E-state index >= 15 is 0 Å². The van der Waals surface area contributed by atoms with Crippen molar-refractivity contribution in [1.82, 2.24) is 0 Å². The molecule has 5 heteroatoms. The molecule has 21 heavy (non-hydrogen) atoms. The number of carbonyl (C=O) groups is 1. The molecule has 2 rings (SSSR count). The van der Waals surface area contributed by atoms with E-state index in [2.05, 4.69) is 0 Å². The van der Waals surface area contributed by atoms with Crippen LogP contribution in [-0.4, -0.2) is 19.8 Å². The van der Waals surface area contributed by atoms with Gasteiger partial charge in [-0.3, -0.25) is 4.79 Å². The van der Waals surface area contributed by atoms with Crippen LogP contribution in [0.15, 0.2) is 54.6 Å². The molecule has 0 aliphatic carbocycles. The summed E-state index contributed by atoms with van der Waals surface area (Å²) in [5.74, 6) is -0.966. The van der Waals surface area contributed by atoms with Gasteiger partial charge in [-0.15, -0.1) is 0 Å². The first-order valence-corrected chi connectivity index (χ1v) is 7.72. The lowest BCUT2D eigenvalue weighted by molar-refractivity contribution is -0.137. The molecule has 0 radical (unpaired) electrons. The zero-order valence-corrected chi connectivity index (χ0v) is 12.1. The highest BCUT2D eigenvalue weighted by Gasteiger charge is 2.19. The van der Waals surface area contributed by atoms with Gasteiger partial charge in [-0.25, -0.2) is 4.21 Å². The van der Waals surface area contributed by atoms with Crippen molar-refractivity contribution < 1.29 is 18.7 Å². The predicted molar refractivity (Wildman–Crippen MR) is 82.3 cm³/mol. The van der Waals surface area contributed by atoms with Crippen molar-refractivity contribution in [3.8, 4) is 11.1 Å². The third-order valence-corrected chi connectivity index (χ3v) is 4.25. The summed E-state index contributed by atoms with van der Waals surface area (Å²) in [7, 11) is 0. The van der Waals surface area contributed by atoms with Gasteiger partial charge in [-0.2, -0.15) is 0 Å². The Labute approximate surface area is 125 Å². The second-order valence-electron chi connectivity index (χ2n) is 4.69. The Hall–Kier alpha value is -1.98. The molecule has 2 unspecified atom stereocenters. The van der Waals surface area contributed by atoms with E-state index in [0.717, 1.165) is 11.1 Å². The highest BCUT2D eigenvalue weighted by Crippen LogP contribution is 2.27. The van der Waals surface area contributed by atoms with Crippen molar-refractivity contribution in [1.29, 1.82) is 0 Å². The van der Waals surface area contributed by atoms with E-state index in [-0.39, 0.29) is 12.8 Å². The molecular formula is C16H16O4S. The van der Waals surface area contributed by atoms with Gasteiger partial charge in [0.25, 0.3) is 0 Å². The van der Waals surface area contributed by atoms with Gasteiger partial charge in [0.1, 0.15) is 0 Å². The summed E-state index contributed by atoms with van der Waals surface area (Å²) in [4.78, 5) is 10.6. The van der Waals surface area contributed by atoms with E-state index in [1.807, 2.05) is 42.5 Å². The summed E-state index contributed by atoms with van der Waals surface area (Å²) >= 11 is -2.09. The van der Waals surface area contributed by atoms with E-state index < -0.39 is 22.3 Å². The van der Waals surface area contributed by atoms with Crippen LogP contribution in [0.5, 0.6) is 0 Å². The van der Waals surface area contributed by atoms with Crippen LogP contribution in [0.25, 0.3) is 11.1 Å². The molecule has 4 nitrogen and oxygen atoms in total. The fourth-order valence-electron chi connectivity index (χ4n) is 2.16. The zero-order valence-electron chi connectivity index (χ0n) is 11.3. The predicted octanol–water partition coefficient (Wildman–Crippen LogP) is 3.48. The van der Waals surface area contributed by atoms with Crippen molar-refractivity contribution in [3.63, 3.8) is 0 Å². The average Bonchev–Trinajstić information content (AvgIpc) is 2.48. The monoisotopic (exact) mass is 304 g/mol. The lowest BCUT2D eigenvalue weighted by atomic mass is 10.0. The van der Waals surface area contributed by atoms with Crippen LogP contribution in [0.3, 0.4) is 0 Å². The molecule has 110 valence electrons. The third kappa shape index (κ3) is 4.24. The minimum Gasteiger partial charge on any atom is -0.481 e. The first-order chi connectivity index (χ1) is 10.1. The molecule has 2 atom stereocenters. The van der Waals surface area contributed by atoms with Crippen molar-refractivity contribution in [2.24, 2.45) is 0 Å². The zero-order chi connectivity index (χ0) is 15.2. The van der Waals surface area contributed by atoms with Crippen molar-refractivity contribution in [2.45, 2.75) is 18.1 Å². The molecule has 0 heterocycles. The fraction of sp³-hybridized carbons (Fsp3) is 0.188. The maximum absolute atomic E-state index is 11.4. The Bertz CT molecular complexity index is 622. The topological polar surface area (TPSA) is 74.6 Å². The number of hydrogen-bond acceptors (Lipinski definition) is 2. The Morgan fingerprint density at radius 3 is 2.10 bits per heavy atom. The van der Waals surface area contributed by atoms with E-state index in [4.69, 9.17) is 5.11 Å². The first kappa shape index (κ1) is 15.4. The van der Waals surface area contributed by atoms with Crippen LogP contribution in [-0.2, 0) is 15.9 Å². The van der Waals surface area contributed by atoms with Crippen LogP contribution in [0.1, 0.15) is 23.7 Å². The lowest BCUT2D eigenvalue weighted by Crippen LogP contribution is -2.08. The lowest BCUT2D eigenvalue weighted by Gasteiger charge is -2.13. The normalized spacial score (nSPS) is 13.6. The second-order valence-corrected chi connectivity index (χ2v) is 5.81. The quantitative estimate of drug-likeness (QED) is 0.801. The highest BCUT2D eigenvalue weighted by atomic mass is 32.2. The molecule has 2 N–H and O–H groups in total. The molecule has 0 aliphatic rings. The summed E-state index contributed by atoms with van der Waals surface area (Å²) in [5, 5.41) is 8.03. The smallest absolute Gasteiger partial charge is 0.303 e. The number of rotatable bonds is 6. The van der Waals surface area contributed by atoms with Gasteiger partial charge in [-0.05, 0) is 23.1 Å². The Morgan fingerprint density at radius 1 is 1.00 bits per heavy atom. The molecule has 2 aromatic carbocycles. The van der Waals surface area contributed by atoms with Crippen LogP contribution in [0.4, 0.5) is 0 Å². The van der Waals surface area contributed by atoms with Gasteiger partial charge >= 0.3 is 5.97 Å².